The number of hydrogen-bond acceptors (Lipinski definition) is 4. The summed E-state index contributed by atoms with van der Waals surface area (Å²) in [5.74, 6) is 0.694. The van der Waals surface area contributed by atoms with Crippen LogP contribution in [-0.4, -0.2) is 35.0 Å². The summed E-state index contributed by atoms with van der Waals surface area (Å²) in [4.78, 5) is 26.4. The third kappa shape index (κ3) is 4.94. The van der Waals surface area contributed by atoms with E-state index in [4.69, 9.17) is 4.52 Å². The number of rotatable bonds is 7. The lowest BCUT2D eigenvalue weighted by atomic mass is 9.96. The lowest BCUT2D eigenvalue weighted by molar-refractivity contribution is -0.138. The fourth-order valence-corrected chi connectivity index (χ4v) is 3.29. The summed E-state index contributed by atoms with van der Waals surface area (Å²) in [6.07, 6.45) is 2.89. The molecule has 2 aromatic rings. The van der Waals surface area contributed by atoms with Gasteiger partial charge >= 0.3 is 0 Å². The van der Waals surface area contributed by atoms with Crippen LogP contribution in [0.25, 0.3) is 0 Å². The van der Waals surface area contributed by atoms with E-state index in [1.54, 1.807) is 6.07 Å². The predicted octanol–water partition coefficient (Wildman–Crippen LogP) is 2.47. The number of carbonyl (C=O) groups excluding carboxylic acids is 2. The van der Waals surface area contributed by atoms with Crippen molar-refractivity contribution in [2.45, 2.75) is 39.2 Å². The van der Waals surface area contributed by atoms with Gasteiger partial charge in [0.05, 0.1) is 12.5 Å². The molecular weight excluding hydrogens is 330 g/mol. The lowest BCUT2D eigenvalue weighted by Gasteiger charge is -2.32. The van der Waals surface area contributed by atoms with Gasteiger partial charge in [0.2, 0.25) is 11.8 Å². The molecule has 0 radical (unpaired) electrons. The molecule has 1 saturated heterocycles. The summed E-state index contributed by atoms with van der Waals surface area (Å²) >= 11 is 0. The minimum absolute atomic E-state index is 0.0220. The maximum absolute atomic E-state index is 12.4. The van der Waals surface area contributed by atoms with Crippen LogP contribution in [0, 0.1) is 12.8 Å². The molecule has 0 saturated carbocycles. The summed E-state index contributed by atoms with van der Waals surface area (Å²) in [6.45, 7) is 3.37. The first-order valence-corrected chi connectivity index (χ1v) is 9.13. The molecule has 0 bridgehead atoms. The average Bonchev–Trinajstić information content (AvgIpc) is 3.07. The number of likely N-dealkylation sites (tertiary alicyclic amines) is 1. The Morgan fingerprint density at radius 1 is 1.35 bits per heavy atom. The highest BCUT2D eigenvalue weighted by Gasteiger charge is 2.29. The Morgan fingerprint density at radius 2 is 2.15 bits per heavy atom. The molecule has 6 nitrogen and oxygen atoms in total. The van der Waals surface area contributed by atoms with Crippen LogP contribution in [0.4, 0.5) is 0 Å². The fraction of sp³-hybridized carbons (Fsp3) is 0.450. The molecule has 6 heteroatoms. The molecule has 0 unspecified atom stereocenters. The van der Waals surface area contributed by atoms with Crippen molar-refractivity contribution in [2.75, 3.05) is 13.1 Å². The number of piperidine rings is 1. The van der Waals surface area contributed by atoms with E-state index in [1.165, 1.54) is 5.56 Å². The summed E-state index contributed by atoms with van der Waals surface area (Å²) in [5.41, 5.74) is 1.98. The molecule has 1 atom stereocenters. The average molecular weight is 355 g/mol. The first-order valence-electron chi connectivity index (χ1n) is 9.13. The molecule has 1 N–H and O–H groups in total. The summed E-state index contributed by atoms with van der Waals surface area (Å²) in [5, 5.41) is 6.77. The number of nitrogens with one attached hydrogen (secondary N) is 1. The molecule has 26 heavy (non-hydrogen) atoms. The molecule has 138 valence electrons. The van der Waals surface area contributed by atoms with Gasteiger partial charge in [-0.05, 0) is 31.7 Å². The smallest absolute Gasteiger partial charge is 0.225 e. The molecule has 1 fully saturated rings. The second-order valence-electron chi connectivity index (χ2n) is 6.81. The third-order valence-electron chi connectivity index (χ3n) is 4.73. The van der Waals surface area contributed by atoms with E-state index in [0.717, 1.165) is 18.6 Å². The number of benzene rings is 1. The minimum Gasteiger partial charge on any atom is -0.361 e. The Morgan fingerprint density at radius 3 is 2.88 bits per heavy atom. The van der Waals surface area contributed by atoms with Gasteiger partial charge in [-0.1, -0.05) is 35.5 Å². The van der Waals surface area contributed by atoms with Crippen molar-refractivity contribution in [3.63, 3.8) is 0 Å². The van der Waals surface area contributed by atoms with Crippen LogP contribution >= 0.6 is 0 Å². The molecular formula is C20H25N3O3. The Kier molecular flexibility index (Phi) is 6.04. The lowest BCUT2D eigenvalue weighted by Crippen LogP contribution is -2.46. The molecule has 0 aliphatic carbocycles. The molecule has 0 spiro atoms. The first-order chi connectivity index (χ1) is 12.6. The van der Waals surface area contributed by atoms with E-state index in [-0.39, 0.29) is 17.7 Å². The third-order valence-corrected chi connectivity index (χ3v) is 4.73. The number of carbonyl (C=O) groups is 2. The molecule has 1 aromatic carbocycles. The minimum atomic E-state index is -0.155. The predicted molar refractivity (Wildman–Crippen MR) is 97.2 cm³/mol. The van der Waals surface area contributed by atoms with Crippen molar-refractivity contribution in [3.8, 4) is 0 Å². The molecule has 1 aromatic heterocycles. The van der Waals surface area contributed by atoms with Gasteiger partial charge in [-0.15, -0.1) is 0 Å². The highest BCUT2D eigenvalue weighted by molar-refractivity contribution is 5.83. The largest absolute Gasteiger partial charge is 0.361 e. The van der Waals surface area contributed by atoms with Gasteiger partial charge in [0.15, 0.2) is 0 Å². The second kappa shape index (κ2) is 8.65. The van der Waals surface area contributed by atoms with E-state index >= 15 is 0 Å². The number of amides is 2. The number of aromatic nitrogens is 1. The normalized spacial score (nSPS) is 17.3. The number of aryl methyl sites for hydroxylation is 2. The van der Waals surface area contributed by atoms with Crippen LogP contribution in [0.5, 0.6) is 0 Å². The highest BCUT2D eigenvalue weighted by atomic mass is 16.5. The molecule has 2 heterocycles. The van der Waals surface area contributed by atoms with Gasteiger partial charge < -0.3 is 14.7 Å². The maximum Gasteiger partial charge on any atom is 0.225 e. The highest BCUT2D eigenvalue weighted by Crippen LogP contribution is 2.19. The van der Waals surface area contributed by atoms with Crippen molar-refractivity contribution in [3.05, 3.63) is 53.4 Å². The van der Waals surface area contributed by atoms with Gasteiger partial charge in [0, 0.05) is 25.6 Å². The summed E-state index contributed by atoms with van der Waals surface area (Å²) in [7, 11) is 0. The standard InChI is InChI=1S/C20H25N3O3/c1-15-12-18(22-26-15)13-21-20(25)17-9-10-19(24)23(14-17)11-5-8-16-6-3-2-4-7-16/h2-4,6-7,12,17H,5,8-11,13-14H2,1H3,(H,21,25)/t17-/m0/s1. The van der Waals surface area contributed by atoms with Crippen LogP contribution in [0.2, 0.25) is 0 Å². The van der Waals surface area contributed by atoms with Gasteiger partial charge in [0.1, 0.15) is 11.5 Å². The zero-order chi connectivity index (χ0) is 18.4. The zero-order valence-electron chi connectivity index (χ0n) is 15.1. The molecule has 2 amide bonds. The maximum atomic E-state index is 12.4. The van der Waals surface area contributed by atoms with Crippen LogP contribution in [0.3, 0.4) is 0 Å². The van der Waals surface area contributed by atoms with Crippen LogP contribution in [0.1, 0.15) is 36.3 Å². The van der Waals surface area contributed by atoms with Crippen molar-refractivity contribution in [2.24, 2.45) is 5.92 Å². The molecule has 1 aliphatic heterocycles. The number of hydrogen-bond donors (Lipinski definition) is 1. The summed E-state index contributed by atoms with van der Waals surface area (Å²) in [6, 6.07) is 12.1. The zero-order valence-corrected chi connectivity index (χ0v) is 15.1. The SMILES string of the molecule is Cc1cc(CNC(=O)[C@H]2CCC(=O)N(CCCc3ccccc3)C2)no1. The van der Waals surface area contributed by atoms with E-state index in [1.807, 2.05) is 30.0 Å². The van der Waals surface area contributed by atoms with Gasteiger partial charge in [-0.25, -0.2) is 0 Å². The van der Waals surface area contributed by atoms with Gasteiger partial charge in [-0.2, -0.15) is 0 Å². The monoisotopic (exact) mass is 355 g/mol. The molecule has 3 rings (SSSR count). The Labute approximate surface area is 153 Å². The fourth-order valence-electron chi connectivity index (χ4n) is 3.29. The van der Waals surface area contributed by atoms with Crippen LogP contribution in [-0.2, 0) is 22.6 Å². The van der Waals surface area contributed by atoms with Gasteiger partial charge in [0.25, 0.3) is 0 Å². The van der Waals surface area contributed by atoms with Crippen molar-refractivity contribution < 1.29 is 14.1 Å². The Bertz CT molecular complexity index is 742. The van der Waals surface area contributed by atoms with Crippen LogP contribution < -0.4 is 5.32 Å². The van der Waals surface area contributed by atoms with Crippen molar-refractivity contribution in [1.29, 1.82) is 0 Å². The number of nitrogens with zero attached hydrogens (tertiary/aromatic N) is 2. The second-order valence-corrected chi connectivity index (χ2v) is 6.81. The van der Waals surface area contributed by atoms with E-state index in [2.05, 4.69) is 22.6 Å². The quantitative estimate of drug-likeness (QED) is 0.828. The van der Waals surface area contributed by atoms with Crippen molar-refractivity contribution >= 4 is 11.8 Å². The van der Waals surface area contributed by atoms with Gasteiger partial charge in [-0.3, -0.25) is 9.59 Å². The van der Waals surface area contributed by atoms with E-state index in [9.17, 15) is 9.59 Å². The Hall–Kier alpha value is -2.63. The molecule has 1 aliphatic rings. The van der Waals surface area contributed by atoms with E-state index < -0.39 is 0 Å². The topological polar surface area (TPSA) is 75.4 Å². The Balaban J connectivity index is 1.45. The first kappa shape index (κ1) is 18.2. The van der Waals surface area contributed by atoms with Crippen LogP contribution in [0.15, 0.2) is 40.9 Å². The van der Waals surface area contributed by atoms with E-state index in [0.29, 0.717) is 38.2 Å². The van der Waals surface area contributed by atoms with Crippen molar-refractivity contribution in [1.82, 2.24) is 15.4 Å². The summed E-state index contributed by atoms with van der Waals surface area (Å²) < 4.78 is 5.00.